The van der Waals surface area contributed by atoms with Gasteiger partial charge in [-0.3, -0.25) is 4.79 Å². The Kier molecular flexibility index (Phi) is 4.04. The average Bonchev–Trinajstić information content (AvgIpc) is 2.45. The molecule has 1 aromatic carbocycles. The third kappa shape index (κ3) is 3.42. The van der Waals surface area contributed by atoms with Crippen molar-refractivity contribution in [2.24, 2.45) is 11.3 Å². The lowest BCUT2D eigenvalue weighted by atomic mass is 9.61. The number of likely N-dealkylation sites (tertiary alicyclic amines) is 1. The Bertz CT molecular complexity index is 752. The van der Waals surface area contributed by atoms with E-state index in [1.165, 1.54) is 6.07 Å². The zero-order valence-corrected chi connectivity index (χ0v) is 15.5. The van der Waals surface area contributed by atoms with Crippen molar-refractivity contribution in [1.29, 1.82) is 0 Å². The minimum atomic E-state index is -4.35. The number of aliphatic hydroxyl groups is 1. The predicted octanol–water partition coefficient (Wildman–Crippen LogP) is 3.54. The van der Waals surface area contributed by atoms with Gasteiger partial charge < -0.3 is 14.7 Å². The van der Waals surface area contributed by atoms with Gasteiger partial charge in [0.25, 0.3) is 0 Å². The van der Waals surface area contributed by atoms with E-state index in [4.69, 9.17) is 4.74 Å². The number of amides is 1. The lowest BCUT2D eigenvalue weighted by Crippen LogP contribution is -2.67. The fraction of sp³-hybridized carbons (Fsp3) is 0.650. The predicted molar refractivity (Wildman–Crippen MR) is 92.2 cm³/mol. The quantitative estimate of drug-likeness (QED) is 0.869. The summed E-state index contributed by atoms with van der Waals surface area (Å²) < 4.78 is 44.1. The topological polar surface area (TPSA) is 49.8 Å². The first-order chi connectivity index (χ1) is 12.5. The van der Waals surface area contributed by atoms with Crippen LogP contribution in [-0.4, -0.2) is 40.7 Å². The van der Waals surface area contributed by atoms with Gasteiger partial charge in [0.2, 0.25) is 5.91 Å². The van der Waals surface area contributed by atoms with Gasteiger partial charge >= 0.3 is 6.18 Å². The highest BCUT2D eigenvalue weighted by molar-refractivity contribution is 5.81. The standard InChI is InChI=1S/C20H24F3NO3/c1-12-5-14(20(21,22)23)3-4-16(12)27-15-8-19(9-15)10-24(11-19)17(25)13-6-18(2,26)7-13/h3-5,13,15,26H,6-11H2,1-2H3/t13-,18+. The van der Waals surface area contributed by atoms with E-state index in [2.05, 4.69) is 0 Å². The smallest absolute Gasteiger partial charge is 0.416 e. The normalized spacial score (nSPS) is 29.7. The molecular weight excluding hydrogens is 359 g/mol. The first-order valence-electron chi connectivity index (χ1n) is 9.32. The number of rotatable bonds is 3. The molecule has 1 saturated heterocycles. The third-order valence-corrected chi connectivity index (χ3v) is 6.20. The first kappa shape index (κ1) is 18.6. The summed E-state index contributed by atoms with van der Waals surface area (Å²) in [6.45, 7) is 4.81. The summed E-state index contributed by atoms with van der Waals surface area (Å²) >= 11 is 0. The molecule has 0 atom stereocenters. The maximum Gasteiger partial charge on any atom is 0.416 e. The van der Waals surface area contributed by atoms with Crippen molar-refractivity contribution in [1.82, 2.24) is 4.90 Å². The molecule has 1 spiro atoms. The van der Waals surface area contributed by atoms with E-state index in [-0.39, 0.29) is 23.3 Å². The molecule has 1 aromatic rings. The van der Waals surface area contributed by atoms with E-state index < -0.39 is 17.3 Å². The van der Waals surface area contributed by atoms with E-state index in [9.17, 15) is 23.1 Å². The number of aryl methyl sites for hydroxylation is 1. The molecule has 0 aromatic heterocycles. The Morgan fingerprint density at radius 1 is 1.22 bits per heavy atom. The fourth-order valence-corrected chi connectivity index (χ4v) is 4.74. The summed E-state index contributed by atoms with van der Waals surface area (Å²) in [4.78, 5) is 14.2. The number of hydrogen-bond donors (Lipinski definition) is 1. The second kappa shape index (κ2) is 5.87. The second-order valence-corrected chi connectivity index (χ2v) is 8.92. The van der Waals surface area contributed by atoms with E-state index in [0.717, 1.165) is 38.1 Å². The summed E-state index contributed by atoms with van der Waals surface area (Å²) in [5, 5.41) is 9.77. The molecule has 3 aliphatic rings. The van der Waals surface area contributed by atoms with Crippen molar-refractivity contribution >= 4 is 5.91 Å². The van der Waals surface area contributed by atoms with Crippen LogP contribution in [0.4, 0.5) is 13.2 Å². The zero-order chi connectivity index (χ0) is 19.6. The number of ether oxygens (including phenoxy) is 1. The zero-order valence-electron chi connectivity index (χ0n) is 15.5. The Morgan fingerprint density at radius 3 is 2.37 bits per heavy atom. The maximum atomic E-state index is 12.7. The van der Waals surface area contributed by atoms with Crippen molar-refractivity contribution < 1.29 is 27.8 Å². The van der Waals surface area contributed by atoms with Gasteiger partial charge in [0.1, 0.15) is 11.9 Å². The molecule has 2 saturated carbocycles. The van der Waals surface area contributed by atoms with Crippen LogP contribution in [-0.2, 0) is 11.0 Å². The molecular formula is C20H24F3NO3. The minimum Gasteiger partial charge on any atom is -0.490 e. The fourth-order valence-electron chi connectivity index (χ4n) is 4.74. The van der Waals surface area contributed by atoms with Crippen LogP contribution in [0.5, 0.6) is 5.75 Å². The Labute approximate surface area is 156 Å². The number of nitrogens with zero attached hydrogens (tertiary/aromatic N) is 1. The summed E-state index contributed by atoms with van der Waals surface area (Å²) in [5.41, 5.74) is -0.779. The molecule has 4 nitrogen and oxygen atoms in total. The van der Waals surface area contributed by atoms with Gasteiger partial charge in [-0.15, -0.1) is 0 Å². The van der Waals surface area contributed by atoms with Gasteiger partial charge in [-0.05, 0) is 63.3 Å². The summed E-state index contributed by atoms with van der Waals surface area (Å²) in [6, 6.07) is 3.55. The number of alkyl halides is 3. The molecule has 0 radical (unpaired) electrons. The van der Waals surface area contributed by atoms with Crippen molar-refractivity contribution in [3.05, 3.63) is 29.3 Å². The van der Waals surface area contributed by atoms with E-state index in [1.54, 1.807) is 13.8 Å². The van der Waals surface area contributed by atoms with Gasteiger partial charge in [-0.1, -0.05) is 0 Å². The van der Waals surface area contributed by atoms with E-state index >= 15 is 0 Å². The minimum absolute atomic E-state index is 0.0119. The molecule has 1 heterocycles. The van der Waals surface area contributed by atoms with Crippen LogP contribution < -0.4 is 4.74 Å². The van der Waals surface area contributed by atoms with Gasteiger partial charge in [-0.2, -0.15) is 13.2 Å². The second-order valence-electron chi connectivity index (χ2n) is 8.92. The highest BCUT2D eigenvalue weighted by atomic mass is 19.4. The Hall–Kier alpha value is -1.76. The van der Waals surface area contributed by atoms with Crippen molar-refractivity contribution in [3.63, 3.8) is 0 Å². The van der Waals surface area contributed by atoms with Gasteiger partial charge in [-0.25, -0.2) is 0 Å². The molecule has 27 heavy (non-hydrogen) atoms. The molecule has 2 aliphatic carbocycles. The van der Waals surface area contributed by atoms with Gasteiger partial charge in [0.15, 0.2) is 0 Å². The molecule has 3 fully saturated rings. The van der Waals surface area contributed by atoms with E-state index in [1.807, 2.05) is 4.90 Å². The Balaban J connectivity index is 1.26. The van der Waals surface area contributed by atoms with Crippen LogP contribution in [0, 0.1) is 18.3 Å². The first-order valence-corrected chi connectivity index (χ1v) is 9.32. The van der Waals surface area contributed by atoms with Gasteiger partial charge in [0, 0.05) is 24.4 Å². The number of carbonyl (C=O) groups is 1. The molecule has 148 valence electrons. The van der Waals surface area contributed by atoms with Crippen molar-refractivity contribution in [2.45, 2.75) is 57.4 Å². The number of benzene rings is 1. The monoisotopic (exact) mass is 383 g/mol. The molecule has 4 rings (SSSR count). The summed E-state index contributed by atoms with van der Waals surface area (Å²) in [7, 11) is 0. The number of halogens is 3. The molecule has 1 N–H and O–H groups in total. The molecule has 0 unspecified atom stereocenters. The summed E-state index contributed by atoms with van der Waals surface area (Å²) in [5.74, 6) is 0.571. The van der Waals surface area contributed by atoms with Crippen molar-refractivity contribution in [2.75, 3.05) is 13.1 Å². The van der Waals surface area contributed by atoms with Gasteiger partial charge in [0.05, 0.1) is 11.2 Å². The average molecular weight is 383 g/mol. The third-order valence-electron chi connectivity index (χ3n) is 6.20. The number of hydrogen-bond acceptors (Lipinski definition) is 3. The van der Waals surface area contributed by atoms with E-state index in [0.29, 0.717) is 24.2 Å². The van der Waals surface area contributed by atoms with Crippen LogP contribution in [0.15, 0.2) is 18.2 Å². The highest BCUT2D eigenvalue weighted by Gasteiger charge is 2.56. The van der Waals surface area contributed by atoms with Crippen LogP contribution in [0.2, 0.25) is 0 Å². The maximum absolute atomic E-state index is 12.7. The van der Waals surface area contributed by atoms with Crippen LogP contribution in [0.3, 0.4) is 0 Å². The lowest BCUT2D eigenvalue weighted by molar-refractivity contribution is -0.174. The van der Waals surface area contributed by atoms with Crippen LogP contribution >= 0.6 is 0 Å². The summed E-state index contributed by atoms with van der Waals surface area (Å²) in [6.07, 6.45) is -1.65. The SMILES string of the molecule is Cc1cc(C(F)(F)F)ccc1OC1CC2(C1)CN(C(=O)[C@H]1C[C@@](C)(O)C1)C2. The lowest BCUT2D eigenvalue weighted by Gasteiger charge is -2.59. The van der Waals surface area contributed by atoms with Crippen LogP contribution in [0.1, 0.15) is 43.7 Å². The van der Waals surface area contributed by atoms with Crippen LogP contribution in [0.25, 0.3) is 0 Å². The van der Waals surface area contributed by atoms with Crippen molar-refractivity contribution in [3.8, 4) is 5.75 Å². The number of carbonyl (C=O) groups excluding carboxylic acids is 1. The molecule has 0 bridgehead atoms. The highest BCUT2D eigenvalue weighted by Crippen LogP contribution is 2.51. The Morgan fingerprint density at radius 2 is 1.85 bits per heavy atom. The molecule has 1 aliphatic heterocycles. The molecule has 1 amide bonds. The molecule has 7 heteroatoms. The largest absolute Gasteiger partial charge is 0.490 e.